The molecular weight excluding hydrogens is 300 g/mol. The van der Waals surface area contributed by atoms with E-state index in [2.05, 4.69) is 40.1 Å². The van der Waals surface area contributed by atoms with E-state index in [0.717, 1.165) is 35.7 Å². The summed E-state index contributed by atoms with van der Waals surface area (Å²) in [6, 6.07) is 11.0. The minimum Gasteiger partial charge on any atom is -0.497 e. The van der Waals surface area contributed by atoms with Gasteiger partial charge in [0, 0.05) is 30.9 Å². The lowest BCUT2D eigenvalue weighted by atomic mass is 9.97. The summed E-state index contributed by atoms with van der Waals surface area (Å²) >= 11 is 0. The molecule has 0 spiro atoms. The molecule has 4 rings (SSSR count). The summed E-state index contributed by atoms with van der Waals surface area (Å²) in [5, 5.41) is 4.50. The van der Waals surface area contributed by atoms with E-state index in [0.29, 0.717) is 12.0 Å². The molecule has 1 aromatic carbocycles. The predicted molar refractivity (Wildman–Crippen MR) is 94.9 cm³/mol. The number of rotatable bonds is 3. The van der Waals surface area contributed by atoms with Crippen LogP contribution in [0.4, 0.5) is 5.82 Å². The number of methoxy groups -OCH3 is 1. The minimum absolute atomic E-state index is 0.450. The van der Waals surface area contributed by atoms with Crippen LogP contribution in [0, 0.1) is 6.92 Å². The van der Waals surface area contributed by atoms with Crippen LogP contribution in [-0.4, -0.2) is 34.3 Å². The lowest BCUT2D eigenvalue weighted by Crippen LogP contribution is -2.28. The van der Waals surface area contributed by atoms with E-state index in [1.54, 1.807) is 7.11 Å². The first-order valence-electron chi connectivity index (χ1n) is 8.37. The van der Waals surface area contributed by atoms with Gasteiger partial charge in [-0.1, -0.05) is 12.1 Å². The zero-order chi connectivity index (χ0) is 16.7. The van der Waals surface area contributed by atoms with Crippen LogP contribution < -0.4 is 9.64 Å². The lowest BCUT2D eigenvalue weighted by Gasteiger charge is -2.23. The molecule has 0 radical (unpaired) electrons. The molecule has 2 unspecified atom stereocenters. The second-order valence-corrected chi connectivity index (χ2v) is 6.57. The third-order valence-corrected chi connectivity index (χ3v) is 4.93. The predicted octanol–water partition coefficient (Wildman–Crippen LogP) is 3.43. The molecule has 2 atom stereocenters. The summed E-state index contributed by atoms with van der Waals surface area (Å²) in [5.74, 6) is 2.45. The number of aryl methyl sites for hydroxylation is 1. The highest BCUT2D eigenvalue weighted by atomic mass is 16.5. The molecule has 1 aliphatic heterocycles. The molecule has 0 bridgehead atoms. The highest BCUT2D eigenvalue weighted by Crippen LogP contribution is 2.36. The molecular formula is C19H22N4O. The maximum absolute atomic E-state index is 5.26. The van der Waals surface area contributed by atoms with Gasteiger partial charge in [0.05, 0.1) is 12.8 Å². The Morgan fingerprint density at radius 3 is 2.75 bits per heavy atom. The molecule has 2 aromatic heterocycles. The van der Waals surface area contributed by atoms with Gasteiger partial charge in [0.25, 0.3) is 0 Å². The van der Waals surface area contributed by atoms with Crippen LogP contribution in [0.15, 0.2) is 42.7 Å². The Labute approximate surface area is 141 Å². The highest BCUT2D eigenvalue weighted by molar-refractivity contribution is 5.70. The maximum atomic E-state index is 5.26. The maximum Gasteiger partial charge on any atom is 0.154 e. The van der Waals surface area contributed by atoms with Crippen molar-refractivity contribution in [2.45, 2.75) is 32.2 Å². The van der Waals surface area contributed by atoms with E-state index in [4.69, 9.17) is 4.74 Å². The summed E-state index contributed by atoms with van der Waals surface area (Å²) in [7, 11) is 1.70. The van der Waals surface area contributed by atoms with Crippen molar-refractivity contribution < 1.29 is 4.74 Å². The Bertz CT molecular complexity index is 855. The summed E-state index contributed by atoms with van der Waals surface area (Å²) < 4.78 is 7.19. The number of hydrogen-bond donors (Lipinski definition) is 0. The van der Waals surface area contributed by atoms with Crippen LogP contribution in [0.25, 0.3) is 5.52 Å². The van der Waals surface area contributed by atoms with Gasteiger partial charge in [-0.2, -0.15) is 5.10 Å². The van der Waals surface area contributed by atoms with Crippen LogP contribution in [0.3, 0.4) is 0 Å². The van der Waals surface area contributed by atoms with E-state index in [9.17, 15) is 0 Å². The zero-order valence-corrected chi connectivity index (χ0v) is 14.3. The molecule has 1 saturated heterocycles. The van der Waals surface area contributed by atoms with Crippen LogP contribution in [0.5, 0.6) is 5.75 Å². The summed E-state index contributed by atoms with van der Waals surface area (Å²) in [6.45, 7) is 5.27. The van der Waals surface area contributed by atoms with Gasteiger partial charge in [-0.3, -0.25) is 0 Å². The van der Waals surface area contributed by atoms with Crippen LogP contribution in [0.1, 0.15) is 30.5 Å². The van der Waals surface area contributed by atoms with Crippen LogP contribution in [-0.2, 0) is 0 Å². The SMILES string of the molecule is COc1ccc(C2CC(C)N(c3nccn4nc(C)cc34)C2)cc1. The number of benzene rings is 1. The van der Waals surface area contributed by atoms with Crippen LogP contribution >= 0.6 is 0 Å². The first kappa shape index (κ1) is 15.0. The molecule has 124 valence electrons. The normalized spacial score (nSPS) is 20.7. The fourth-order valence-corrected chi connectivity index (χ4v) is 3.70. The third-order valence-electron chi connectivity index (χ3n) is 4.93. The number of fused-ring (bicyclic) bond motifs is 1. The smallest absolute Gasteiger partial charge is 0.154 e. The van der Waals surface area contributed by atoms with Crippen molar-refractivity contribution in [1.82, 2.24) is 14.6 Å². The van der Waals surface area contributed by atoms with E-state index >= 15 is 0 Å². The van der Waals surface area contributed by atoms with E-state index in [-0.39, 0.29) is 0 Å². The fraction of sp³-hybridized carbons (Fsp3) is 0.368. The Balaban J connectivity index is 1.64. The number of aromatic nitrogens is 3. The fourth-order valence-electron chi connectivity index (χ4n) is 3.70. The average Bonchev–Trinajstić information content (AvgIpc) is 3.16. The Morgan fingerprint density at radius 2 is 2.00 bits per heavy atom. The molecule has 0 saturated carbocycles. The highest BCUT2D eigenvalue weighted by Gasteiger charge is 2.32. The molecule has 1 aliphatic rings. The third kappa shape index (κ3) is 2.50. The van der Waals surface area contributed by atoms with Gasteiger partial charge < -0.3 is 9.64 Å². The van der Waals surface area contributed by atoms with E-state index in [1.165, 1.54) is 5.56 Å². The summed E-state index contributed by atoms with van der Waals surface area (Å²) in [5.41, 5.74) is 3.46. The molecule has 3 aromatic rings. The van der Waals surface area contributed by atoms with Gasteiger partial charge in [-0.05, 0) is 44.0 Å². The number of ether oxygens (including phenoxy) is 1. The molecule has 24 heavy (non-hydrogen) atoms. The van der Waals surface area contributed by atoms with Gasteiger partial charge in [0.2, 0.25) is 0 Å². The van der Waals surface area contributed by atoms with Gasteiger partial charge >= 0.3 is 0 Å². The number of anilines is 1. The first-order valence-corrected chi connectivity index (χ1v) is 8.37. The Kier molecular flexibility index (Phi) is 3.63. The first-order chi connectivity index (χ1) is 11.7. The number of nitrogens with zero attached hydrogens (tertiary/aromatic N) is 4. The largest absolute Gasteiger partial charge is 0.497 e. The van der Waals surface area contributed by atoms with E-state index < -0.39 is 0 Å². The molecule has 5 heteroatoms. The van der Waals surface area contributed by atoms with Crippen molar-refractivity contribution in [1.29, 1.82) is 0 Å². The van der Waals surface area contributed by atoms with Crippen molar-refractivity contribution in [3.63, 3.8) is 0 Å². The van der Waals surface area contributed by atoms with Crippen LogP contribution in [0.2, 0.25) is 0 Å². The topological polar surface area (TPSA) is 42.7 Å². The second-order valence-electron chi connectivity index (χ2n) is 6.57. The molecule has 3 heterocycles. The standard InChI is InChI=1S/C19H22N4O/c1-13-10-18-19(20-8-9-23(18)21-13)22-12-16(11-14(22)2)15-4-6-17(24-3)7-5-15/h4-10,14,16H,11-12H2,1-3H3. The molecule has 0 aliphatic carbocycles. The van der Waals surface area contributed by atoms with Gasteiger partial charge in [-0.15, -0.1) is 0 Å². The second kappa shape index (κ2) is 5.82. The van der Waals surface area contributed by atoms with Gasteiger partial charge in [-0.25, -0.2) is 9.50 Å². The Hall–Kier alpha value is -2.56. The summed E-state index contributed by atoms with van der Waals surface area (Å²) in [6.07, 6.45) is 4.87. The zero-order valence-electron chi connectivity index (χ0n) is 14.3. The average molecular weight is 322 g/mol. The lowest BCUT2D eigenvalue weighted by molar-refractivity contribution is 0.414. The minimum atomic E-state index is 0.450. The molecule has 0 amide bonds. The molecule has 0 N–H and O–H groups in total. The van der Waals surface area contributed by atoms with Gasteiger partial charge in [0.1, 0.15) is 11.3 Å². The molecule has 5 nitrogen and oxygen atoms in total. The number of hydrogen-bond acceptors (Lipinski definition) is 4. The van der Waals surface area contributed by atoms with Crippen molar-refractivity contribution in [2.75, 3.05) is 18.6 Å². The van der Waals surface area contributed by atoms with Crippen molar-refractivity contribution in [2.24, 2.45) is 0 Å². The van der Waals surface area contributed by atoms with E-state index in [1.807, 2.05) is 36.0 Å². The van der Waals surface area contributed by atoms with Crippen molar-refractivity contribution in [3.05, 3.63) is 54.0 Å². The monoisotopic (exact) mass is 322 g/mol. The summed E-state index contributed by atoms with van der Waals surface area (Å²) in [4.78, 5) is 7.06. The quantitative estimate of drug-likeness (QED) is 0.741. The van der Waals surface area contributed by atoms with Crippen molar-refractivity contribution >= 4 is 11.3 Å². The van der Waals surface area contributed by atoms with Crippen molar-refractivity contribution in [3.8, 4) is 5.75 Å². The molecule has 1 fully saturated rings. The Morgan fingerprint density at radius 1 is 1.21 bits per heavy atom. The van der Waals surface area contributed by atoms with Gasteiger partial charge in [0.15, 0.2) is 5.82 Å².